The second-order valence-corrected chi connectivity index (χ2v) is 5.72. The molecule has 0 aliphatic heterocycles. The fourth-order valence-electron chi connectivity index (χ4n) is 2.04. The Kier molecular flexibility index (Phi) is 13.9. The fourth-order valence-corrected chi connectivity index (χ4v) is 2.04. The third-order valence-corrected chi connectivity index (χ3v) is 2.65. The average molecular weight is 344 g/mol. The van der Waals surface area contributed by atoms with E-state index < -0.39 is 12.2 Å². The summed E-state index contributed by atoms with van der Waals surface area (Å²) in [5.41, 5.74) is 0. The molecule has 0 radical (unpaired) electrons. The van der Waals surface area contributed by atoms with Gasteiger partial charge >= 0.3 is 17.1 Å². The van der Waals surface area contributed by atoms with Crippen LogP contribution in [0.25, 0.3) is 0 Å². The van der Waals surface area contributed by atoms with Gasteiger partial charge in [-0.1, -0.05) is 0 Å². The summed E-state index contributed by atoms with van der Waals surface area (Å²) in [4.78, 5) is 23.4. The smallest absolute Gasteiger partial charge is 0.530 e. The molecule has 0 saturated carbocycles. The zero-order chi connectivity index (χ0) is 16.6. The van der Waals surface area contributed by atoms with Crippen molar-refractivity contribution in [1.29, 1.82) is 0 Å². The standard InChI is InChI=1S/2C7H15NO2.Fe/c2*1-5(2)8(6(3)4)7(9)10;/h2*5-6H,1-4H3,(H,9,10);/q;;+2/p-2. The third-order valence-electron chi connectivity index (χ3n) is 2.65. The maximum atomic E-state index is 10.4. The van der Waals surface area contributed by atoms with Gasteiger partial charge in [-0.2, -0.15) is 0 Å². The van der Waals surface area contributed by atoms with Gasteiger partial charge in [0.15, 0.2) is 0 Å². The molecule has 0 aromatic heterocycles. The normalized spacial score (nSPS) is 10.1. The maximum Gasteiger partial charge on any atom is 2.00 e. The van der Waals surface area contributed by atoms with E-state index in [9.17, 15) is 19.8 Å². The van der Waals surface area contributed by atoms with Gasteiger partial charge in [-0.05, 0) is 55.4 Å². The number of amides is 2. The van der Waals surface area contributed by atoms with Gasteiger partial charge in [-0.3, -0.25) is 0 Å². The van der Waals surface area contributed by atoms with Gasteiger partial charge in [0.25, 0.3) is 0 Å². The first-order chi connectivity index (χ1) is 8.93. The van der Waals surface area contributed by atoms with Crippen LogP contribution in [0.15, 0.2) is 0 Å². The Labute approximate surface area is 139 Å². The molecule has 0 rings (SSSR count). The monoisotopic (exact) mass is 344 g/mol. The minimum Gasteiger partial charge on any atom is -0.530 e. The summed E-state index contributed by atoms with van der Waals surface area (Å²) in [7, 11) is 0. The van der Waals surface area contributed by atoms with Gasteiger partial charge < -0.3 is 29.6 Å². The van der Waals surface area contributed by atoms with Crippen molar-refractivity contribution in [3.63, 3.8) is 0 Å². The van der Waals surface area contributed by atoms with Crippen LogP contribution in [-0.4, -0.2) is 46.2 Å². The SMILES string of the molecule is CC(C)N(C(=O)[O-])C(C)C.CC(C)N(C(=O)[O-])C(C)C.[Fe+2]. The Balaban J connectivity index is -0.000000295. The zero-order valence-corrected chi connectivity index (χ0v) is 15.3. The summed E-state index contributed by atoms with van der Waals surface area (Å²) < 4.78 is 0. The Bertz CT molecular complexity index is 261. The Morgan fingerprint density at radius 3 is 0.762 bits per heavy atom. The molecule has 0 aliphatic carbocycles. The van der Waals surface area contributed by atoms with Crippen molar-refractivity contribution in [2.75, 3.05) is 0 Å². The predicted octanol–water partition coefficient (Wildman–Crippen LogP) is 0.894. The summed E-state index contributed by atoms with van der Waals surface area (Å²) in [6, 6.07) is 0.0185. The molecule has 0 fully saturated rings. The van der Waals surface area contributed by atoms with Crippen LogP contribution >= 0.6 is 0 Å². The molecule has 0 bridgehead atoms. The van der Waals surface area contributed by atoms with Crippen LogP contribution in [0, 0.1) is 0 Å². The summed E-state index contributed by atoms with van der Waals surface area (Å²) in [6.07, 6.45) is -2.19. The van der Waals surface area contributed by atoms with E-state index in [2.05, 4.69) is 0 Å². The molecule has 0 saturated heterocycles. The van der Waals surface area contributed by atoms with Crippen molar-refractivity contribution in [1.82, 2.24) is 9.80 Å². The predicted molar refractivity (Wildman–Crippen MR) is 75.0 cm³/mol. The van der Waals surface area contributed by atoms with Crippen LogP contribution < -0.4 is 10.2 Å². The summed E-state index contributed by atoms with van der Waals surface area (Å²) in [5.74, 6) is 0. The average Bonchev–Trinajstić information content (AvgIpc) is 2.12. The fraction of sp³-hybridized carbons (Fsp3) is 0.857. The van der Waals surface area contributed by atoms with E-state index in [1.54, 1.807) is 0 Å². The van der Waals surface area contributed by atoms with E-state index in [1.807, 2.05) is 55.4 Å². The van der Waals surface area contributed by atoms with Gasteiger partial charge in [-0.25, -0.2) is 0 Å². The van der Waals surface area contributed by atoms with Crippen molar-refractivity contribution in [3.05, 3.63) is 0 Å². The second kappa shape index (κ2) is 11.7. The zero-order valence-electron chi connectivity index (χ0n) is 14.2. The van der Waals surface area contributed by atoms with Crippen LogP contribution in [-0.2, 0) is 17.1 Å². The van der Waals surface area contributed by atoms with E-state index in [0.717, 1.165) is 0 Å². The van der Waals surface area contributed by atoms with E-state index in [1.165, 1.54) is 9.80 Å². The van der Waals surface area contributed by atoms with Gasteiger partial charge in [-0.15, -0.1) is 0 Å². The Morgan fingerprint density at radius 1 is 0.619 bits per heavy atom. The summed E-state index contributed by atoms with van der Waals surface area (Å²) in [6.45, 7) is 14.6. The number of hydrogen-bond donors (Lipinski definition) is 0. The van der Waals surface area contributed by atoms with Crippen molar-refractivity contribution in [2.45, 2.75) is 79.6 Å². The number of hydrogen-bond acceptors (Lipinski definition) is 4. The topological polar surface area (TPSA) is 86.7 Å². The van der Waals surface area contributed by atoms with Crippen LogP contribution in [0.3, 0.4) is 0 Å². The van der Waals surface area contributed by atoms with Gasteiger partial charge in [0.1, 0.15) is 12.2 Å². The molecule has 0 spiro atoms. The van der Waals surface area contributed by atoms with Crippen LogP contribution in [0.5, 0.6) is 0 Å². The third kappa shape index (κ3) is 10.4. The first kappa shape index (κ1) is 25.0. The van der Waals surface area contributed by atoms with Crippen LogP contribution in [0.1, 0.15) is 55.4 Å². The molecule has 0 aromatic rings. The van der Waals surface area contributed by atoms with E-state index in [-0.39, 0.29) is 41.2 Å². The minimum atomic E-state index is -1.09. The molecule has 21 heavy (non-hydrogen) atoms. The quantitative estimate of drug-likeness (QED) is 0.709. The first-order valence-corrected chi connectivity index (χ1v) is 6.92. The number of carbonyl (C=O) groups excluding carboxylic acids is 2. The number of carboxylic acid groups (broad SMARTS) is 2. The van der Waals surface area contributed by atoms with Crippen LogP contribution in [0.2, 0.25) is 0 Å². The molecule has 126 valence electrons. The molecule has 0 atom stereocenters. The largest absolute Gasteiger partial charge is 2.00 e. The molecule has 0 aromatic carbocycles. The number of carbonyl (C=O) groups is 2. The van der Waals surface area contributed by atoms with Crippen molar-refractivity contribution in [3.8, 4) is 0 Å². The van der Waals surface area contributed by atoms with Gasteiger partial charge in [0, 0.05) is 24.2 Å². The van der Waals surface area contributed by atoms with E-state index >= 15 is 0 Å². The van der Waals surface area contributed by atoms with E-state index in [4.69, 9.17) is 0 Å². The maximum absolute atomic E-state index is 10.4. The second-order valence-electron chi connectivity index (χ2n) is 5.72. The molecule has 0 heterocycles. The molecule has 0 unspecified atom stereocenters. The molecule has 7 heteroatoms. The number of rotatable bonds is 4. The number of nitrogens with zero attached hydrogens (tertiary/aromatic N) is 2. The van der Waals surface area contributed by atoms with Crippen molar-refractivity contribution in [2.24, 2.45) is 0 Å². The molecular weight excluding hydrogens is 316 g/mol. The Morgan fingerprint density at radius 2 is 0.762 bits per heavy atom. The van der Waals surface area contributed by atoms with Crippen molar-refractivity contribution >= 4 is 12.2 Å². The Hall–Kier alpha value is -0.941. The summed E-state index contributed by atoms with van der Waals surface area (Å²) in [5, 5.41) is 20.8. The molecule has 6 nitrogen and oxygen atoms in total. The molecular formula is C14H28FeN2O4. The minimum absolute atomic E-state index is 0. The van der Waals surface area contributed by atoms with Gasteiger partial charge in [0.2, 0.25) is 0 Å². The molecule has 0 N–H and O–H groups in total. The summed E-state index contributed by atoms with van der Waals surface area (Å²) >= 11 is 0. The van der Waals surface area contributed by atoms with Gasteiger partial charge in [0.05, 0.1) is 0 Å². The molecule has 0 aliphatic rings. The van der Waals surface area contributed by atoms with E-state index in [0.29, 0.717) is 0 Å². The van der Waals surface area contributed by atoms with Crippen molar-refractivity contribution < 1.29 is 36.9 Å². The molecule has 2 amide bonds. The van der Waals surface area contributed by atoms with Crippen LogP contribution in [0.4, 0.5) is 9.59 Å². The first-order valence-electron chi connectivity index (χ1n) is 6.92.